The second-order valence-corrected chi connectivity index (χ2v) is 7.13. The lowest BCUT2D eigenvalue weighted by molar-refractivity contribution is 0.0175. The van der Waals surface area contributed by atoms with Crippen LogP contribution in [0.1, 0.15) is 45.3 Å². The largest absolute Gasteiger partial charge is 0.382 e. The van der Waals surface area contributed by atoms with Gasteiger partial charge in [-0.2, -0.15) is 0 Å². The number of aryl methyl sites for hydroxylation is 1. The molecule has 0 unspecified atom stereocenters. The van der Waals surface area contributed by atoms with Crippen LogP contribution in [0, 0.1) is 0 Å². The first-order valence-corrected chi connectivity index (χ1v) is 9.07. The average Bonchev–Trinajstić information content (AvgIpc) is 3.29. The molecule has 1 aliphatic rings. The van der Waals surface area contributed by atoms with E-state index >= 15 is 0 Å². The van der Waals surface area contributed by atoms with Crippen molar-refractivity contribution in [2.45, 2.75) is 51.8 Å². The fourth-order valence-electron chi connectivity index (χ4n) is 3.50. The van der Waals surface area contributed by atoms with E-state index in [1.807, 2.05) is 24.6 Å². The van der Waals surface area contributed by atoms with Gasteiger partial charge in [0.05, 0.1) is 19.1 Å². The number of aromatic nitrogens is 7. The predicted octanol–water partition coefficient (Wildman–Crippen LogP) is 1.51. The molecule has 1 saturated heterocycles. The molecule has 4 rings (SSSR count). The molecule has 0 aliphatic carbocycles. The summed E-state index contributed by atoms with van der Waals surface area (Å²) in [6.45, 7) is 8.16. The third kappa shape index (κ3) is 2.72. The minimum absolute atomic E-state index is 0.207. The Bertz CT molecular complexity index is 917. The molecule has 138 valence electrons. The van der Waals surface area contributed by atoms with Gasteiger partial charge in [-0.05, 0) is 33.6 Å². The smallest absolute Gasteiger partial charge is 0.165 e. The van der Waals surface area contributed by atoms with E-state index in [0.717, 1.165) is 36.5 Å². The number of β-amino-alcohol motifs (C(OH)–C–C–N with tert-alkyl or cyclic N) is 1. The van der Waals surface area contributed by atoms with Crippen LogP contribution in [0.4, 0.5) is 5.82 Å². The molecule has 1 aliphatic heterocycles. The maximum absolute atomic E-state index is 11.3. The monoisotopic (exact) mass is 356 g/mol. The van der Waals surface area contributed by atoms with Gasteiger partial charge in [0.25, 0.3) is 0 Å². The zero-order valence-corrected chi connectivity index (χ0v) is 15.4. The van der Waals surface area contributed by atoms with Gasteiger partial charge in [0.2, 0.25) is 0 Å². The maximum Gasteiger partial charge on any atom is 0.165 e. The molecule has 3 aromatic heterocycles. The van der Waals surface area contributed by atoms with Gasteiger partial charge >= 0.3 is 0 Å². The molecular formula is C17H24N8O. The molecule has 1 atom stereocenters. The second kappa shape index (κ2) is 6.31. The average molecular weight is 356 g/mol. The Morgan fingerprint density at radius 1 is 1.27 bits per heavy atom. The van der Waals surface area contributed by atoms with E-state index in [0.29, 0.717) is 18.7 Å². The lowest BCUT2D eigenvalue weighted by atomic mass is 9.90. The van der Waals surface area contributed by atoms with E-state index in [9.17, 15) is 5.11 Å². The number of hydrogen-bond acceptors (Lipinski definition) is 7. The van der Waals surface area contributed by atoms with Crippen molar-refractivity contribution in [1.29, 1.82) is 0 Å². The van der Waals surface area contributed by atoms with Crippen molar-refractivity contribution >= 4 is 17.0 Å². The third-order valence-corrected chi connectivity index (χ3v) is 5.01. The Morgan fingerprint density at radius 2 is 2.12 bits per heavy atom. The summed E-state index contributed by atoms with van der Waals surface area (Å²) in [5.74, 6) is 0.761. The van der Waals surface area contributed by atoms with Crippen molar-refractivity contribution in [3.63, 3.8) is 0 Å². The van der Waals surface area contributed by atoms with Gasteiger partial charge in [-0.25, -0.2) is 19.6 Å². The molecule has 1 fully saturated rings. The van der Waals surface area contributed by atoms with Crippen LogP contribution in [0.2, 0.25) is 0 Å². The minimum atomic E-state index is -1.05. The van der Waals surface area contributed by atoms with E-state index in [1.165, 1.54) is 0 Å². The van der Waals surface area contributed by atoms with E-state index in [2.05, 4.69) is 37.1 Å². The zero-order chi connectivity index (χ0) is 18.3. The zero-order valence-electron chi connectivity index (χ0n) is 15.4. The summed E-state index contributed by atoms with van der Waals surface area (Å²) in [5, 5.41) is 19.6. The summed E-state index contributed by atoms with van der Waals surface area (Å²) >= 11 is 0. The van der Waals surface area contributed by atoms with E-state index in [4.69, 9.17) is 0 Å². The first-order valence-electron chi connectivity index (χ1n) is 9.07. The number of hydrogen-bond donors (Lipinski definition) is 1. The number of rotatable bonds is 4. The Kier molecular flexibility index (Phi) is 4.10. The molecule has 26 heavy (non-hydrogen) atoms. The number of fused-ring (bicyclic) bond motifs is 1. The maximum atomic E-state index is 11.3. The molecule has 0 spiro atoms. The van der Waals surface area contributed by atoms with Gasteiger partial charge in [-0.3, -0.25) is 0 Å². The molecule has 0 bridgehead atoms. The molecule has 0 saturated carbocycles. The molecular weight excluding hydrogens is 332 g/mol. The fourth-order valence-corrected chi connectivity index (χ4v) is 3.50. The van der Waals surface area contributed by atoms with Gasteiger partial charge < -0.3 is 14.6 Å². The molecule has 9 nitrogen and oxygen atoms in total. The second-order valence-electron chi connectivity index (χ2n) is 7.13. The lowest BCUT2D eigenvalue weighted by Gasteiger charge is -2.38. The van der Waals surface area contributed by atoms with Crippen LogP contribution in [-0.2, 0) is 12.1 Å². The standard InChI is InChI=1S/C17H24N8O/c1-4-23-11-20-14-15(23)18-10-19-16(14)24-7-5-6-17(26,9-24)13-8-25(12(2)3)22-21-13/h8,10-12,26H,4-7,9H2,1-3H3/t17-/m0/s1. The summed E-state index contributed by atoms with van der Waals surface area (Å²) in [5.41, 5.74) is 1.15. The number of anilines is 1. The summed E-state index contributed by atoms with van der Waals surface area (Å²) in [6.07, 6.45) is 6.68. The molecule has 3 aromatic rings. The Hall–Kier alpha value is -2.55. The van der Waals surface area contributed by atoms with E-state index < -0.39 is 5.60 Å². The summed E-state index contributed by atoms with van der Waals surface area (Å²) < 4.78 is 3.77. The molecule has 9 heteroatoms. The van der Waals surface area contributed by atoms with Crippen LogP contribution in [0.3, 0.4) is 0 Å². The Morgan fingerprint density at radius 3 is 2.85 bits per heavy atom. The van der Waals surface area contributed by atoms with Crippen molar-refractivity contribution in [2.24, 2.45) is 0 Å². The topological polar surface area (TPSA) is 97.8 Å². The Labute approximate surface area is 151 Å². The van der Waals surface area contributed by atoms with Crippen molar-refractivity contribution in [2.75, 3.05) is 18.0 Å². The van der Waals surface area contributed by atoms with Crippen LogP contribution in [0.25, 0.3) is 11.2 Å². The van der Waals surface area contributed by atoms with Crippen molar-refractivity contribution in [3.05, 3.63) is 24.5 Å². The van der Waals surface area contributed by atoms with Crippen molar-refractivity contribution in [1.82, 2.24) is 34.5 Å². The van der Waals surface area contributed by atoms with Gasteiger partial charge in [0.15, 0.2) is 17.0 Å². The third-order valence-electron chi connectivity index (χ3n) is 5.01. The molecule has 0 aromatic carbocycles. The van der Waals surface area contributed by atoms with Gasteiger partial charge in [-0.15, -0.1) is 5.10 Å². The number of aliphatic hydroxyl groups is 1. The first-order chi connectivity index (χ1) is 12.5. The van der Waals surface area contributed by atoms with Gasteiger partial charge in [0.1, 0.15) is 17.6 Å². The Balaban J connectivity index is 1.67. The van der Waals surface area contributed by atoms with Crippen LogP contribution >= 0.6 is 0 Å². The molecule has 0 amide bonds. The van der Waals surface area contributed by atoms with Gasteiger partial charge in [-0.1, -0.05) is 5.21 Å². The highest BCUT2D eigenvalue weighted by molar-refractivity contribution is 5.83. The normalized spacial score (nSPS) is 21.0. The lowest BCUT2D eigenvalue weighted by Crippen LogP contribution is -2.47. The predicted molar refractivity (Wildman–Crippen MR) is 96.7 cm³/mol. The highest BCUT2D eigenvalue weighted by Crippen LogP contribution is 2.34. The highest BCUT2D eigenvalue weighted by atomic mass is 16.3. The van der Waals surface area contributed by atoms with E-state index in [-0.39, 0.29) is 6.04 Å². The van der Waals surface area contributed by atoms with E-state index in [1.54, 1.807) is 17.3 Å². The van der Waals surface area contributed by atoms with Crippen LogP contribution in [-0.4, -0.2) is 52.7 Å². The summed E-state index contributed by atoms with van der Waals surface area (Å²) in [7, 11) is 0. The number of nitrogens with zero attached hydrogens (tertiary/aromatic N) is 8. The quantitative estimate of drug-likeness (QED) is 0.756. The van der Waals surface area contributed by atoms with Crippen molar-refractivity contribution in [3.8, 4) is 0 Å². The SMILES string of the molecule is CCn1cnc2c(N3CCC[C@@](O)(c4cn(C(C)C)nn4)C3)ncnc21. The van der Waals surface area contributed by atoms with Gasteiger partial charge in [0, 0.05) is 19.1 Å². The first kappa shape index (κ1) is 16.9. The molecule has 4 heterocycles. The molecule has 0 radical (unpaired) electrons. The minimum Gasteiger partial charge on any atom is -0.382 e. The number of imidazole rings is 1. The summed E-state index contributed by atoms with van der Waals surface area (Å²) in [6, 6.07) is 0.207. The summed E-state index contributed by atoms with van der Waals surface area (Å²) in [4.78, 5) is 15.4. The fraction of sp³-hybridized carbons (Fsp3) is 0.588. The van der Waals surface area contributed by atoms with Crippen LogP contribution < -0.4 is 4.90 Å². The highest BCUT2D eigenvalue weighted by Gasteiger charge is 2.38. The van der Waals surface area contributed by atoms with Crippen LogP contribution in [0.15, 0.2) is 18.9 Å². The van der Waals surface area contributed by atoms with Crippen molar-refractivity contribution < 1.29 is 5.11 Å². The number of piperidine rings is 1. The molecule has 1 N–H and O–H groups in total. The van der Waals surface area contributed by atoms with Crippen LogP contribution in [0.5, 0.6) is 0 Å².